The van der Waals surface area contributed by atoms with Crippen molar-refractivity contribution in [2.75, 3.05) is 26.2 Å². The summed E-state index contributed by atoms with van der Waals surface area (Å²) in [6.07, 6.45) is 16.0. The van der Waals surface area contributed by atoms with Crippen LogP contribution in [0.4, 0.5) is 0 Å². The minimum atomic E-state index is 0. The van der Waals surface area contributed by atoms with E-state index < -0.39 is 0 Å². The third-order valence-corrected chi connectivity index (χ3v) is 5.35. The van der Waals surface area contributed by atoms with Crippen molar-refractivity contribution in [3.8, 4) is 0 Å². The van der Waals surface area contributed by atoms with E-state index in [9.17, 15) is 20.4 Å². The van der Waals surface area contributed by atoms with Gasteiger partial charge in [0.2, 0.25) is 0 Å². The molecule has 8 nitrogen and oxygen atoms in total. The van der Waals surface area contributed by atoms with E-state index >= 15 is 0 Å². The second-order valence-corrected chi connectivity index (χ2v) is 8.34. The molecule has 0 amide bonds. The second kappa shape index (κ2) is 25.2. The average molecular weight is 654 g/mol. The molecular weight excluding hydrogens is 614 g/mol. The van der Waals surface area contributed by atoms with Crippen LogP contribution >= 0.6 is 0 Å². The van der Waals surface area contributed by atoms with Crippen LogP contribution in [0.3, 0.4) is 0 Å². The predicted octanol–water partition coefficient (Wildman–Crippen LogP) is 1.27. The Morgan fingerprint density at radius 3 is 0.735 bits per heavy atom. The average Bonchev–Trinajstić information content (AvgIpc) is 3.35. The molecule has 0 atom stereocenters. The summed E-state index contributed by atoms with van der Waals surface area (Å²) >= 11 is 0. The van der Waals surface area contributed by atoms with E-state index in [1.54, 1.807) is 0 Å². The summed E-state index contributed by atoms with van der Waals surface area (Å²) in [6.45, 7) is 3.05. The molecule has 4 aliphatic heterocycles. The molecule has 0 aromatic heterocycles. The molecule has 0 aliphatic carbocycles. The molecule has 0 aromatic rings. The molecule has 0 saturated heterocycles. The van der Waals surface area contributed by atoms with E-state index in [0.29, 0.717) is 25.7 Å². The number of hydrogen-bond acceptors (Lipinski definition) is 8. The summed E-state index contributed by atoms with van der Waals surface area (Å²) in [5.41, 5.74) is 0. The van der Waals surface area contributed by atoms with Crippen molar-refractivity contribution >= 4 is 23.6 Å². The van der Waals surface area contributed by atoms with Crippen LogP contribution in [0.15, 0.2) is 20.0 Å². The van der Waals surface area contributed by atoms with Gasteiger partial charge in [0.25, 0.3) is 0 Å². The monoisotopic (exact) mass is 654 g/mol. The first kappa shape index (κ1) is 35.3. The minimum Gasteiger partial charge on any atom is -0.862 e. The molecule has 0 unspecified atom stereocenters. The van der Waals surface area contributed by atoms with Gasteiger partial charge >= 0.3 is 0 Å². The molecule has 0 N–H and O–H groups in total. The normalized spacial score (nSPS) is 20.5. The summed E-state index contributed by atoms with van der Waals surface area (Å²) in [6, 6.07) is 0. The van der Waals surface area contributed by atoms with Gasteiger partial charge in [-0.1, -0.05) is 25.7 Å². The third kappa shape index (κ3) is 22.9. The van der Waals surface area contributed by atoms with Crippen molar-refractivity contribution in [1.82, 2.24) is 0 Å². The van der Waals surface area contributed by atoms with Crippen molar-refractivity contribution in [3.05, 3.63) is 0 Å². The zero-order valence-corrected chi connectivity index (χ0v) is 23.5. The number of aliphatic imine (C=N–C) groups is 4. The molecule has 0 spiro atoms. The molecule has 2 radical (unpaired) electrons. The van der Waals surface area contributed by atoms with Crippen molar-refractivity contribution < 1.29 is 59.4 Å². The van der Waals surface area contributed by atoms with Crippen LogP contribution in [-0.2, 0) is 39.0 Å². The van der Waals surface area contributed by atoms with Crippen molar-refractivity contribution in [2.24, 2.45) is 20.0 Å². The third-order valence-electron chi connectivity index (χ3n) is 5.35. The fourth-order valence-corrected chi connectivity index (χ4v) is 3.39. The van der Waals surface area contributed by atoms with Gasteiger partial charge in [-0.3, -0.25) is 0 Å². The molecular formula is C24H40N4O4Rh2-4. The largest absolute Gasteiger partial charge is 0.862 e. The Kier molecular flexibility index (Phi) is 26.2. The molecule has 0 fully saturated rings. The van der Waals surface area contributed by atoms with E-state index in [1.165, 1.54) is 25.7 Å². The topological polar surface area (TPSA) is 142 Å². The minimum absolute atomic E-state index is 0. The van der Waals surface area contributed by atoms with Crippen molar-refractivity contribution in [2.45, 2.75) is 103 Å². The van der Waals surface area contributed by atoms with E-state index in [4.69, 9.17) is 0 Å². The maximum Gasteiger partial charge on any atom is 0.0378 e. The first-order valence-corrected chi connectivity index (χ1v) is 12.4. The maximum atomic E-state index is 10.5. The summed E-state index contributed by atoms with van der Waals surface area (Å²) in [5, 5.41) is 42.1. The molecule has 4 aliphatic rings. The Labute approximate surface area is 231 Å². The van der Waals surface area contributed by atoms with E-state index in [0.717, 1.165) is 77.5 Å². The second-order valence-electron chi connectivity index (χ2n) is 8.34. The first-order valence-electron chi connectivity index (χ1n) is 12.4. The number of nitrogens with zero attached hydrogens (tertiary/aromatic N) is 4. The Morgan fingerprint density at radius 2 is 0.529 bits per heavy atom. The Hall–Kier alpha value is -0.873. The van der Waals surface area contributed by atoms with Gasteiger partial charge < -0.3 is 40.4 Å². The van der Waals surface area contributed by atoms with E-state index in [1.807, 2.05) is 0 Å². The smallest absolute Gasteiger partial charge is 0.0378 e. The molecule has 34 heavy (non-hydrogen) atoms. The fourth-order valence-electron chi connectivity index (χ4n) is 3.39. The molecule has 10 heteroatoms. The van der Waals surface area contributed by atoms with Crippen LogP contribution in [0.2, 0.25) is 0 Å². The van der Waals surface area contributed by atoms with E-state index in [-0.39, 0.29) is 62.5 Å². The molecule has 4 heterocycles. The fraction of sp³-hybridized carbons (Fsp3) is 0.833. The Morgan fingerprint density at radius 1 is 0.324 bits per heavy atom. The zero-order valence-electron chi connectivity index (χ0n) is 20.2. The van der Waals surface area contributed by atoms with Gasteiger partial charge in [-0.25, -0.2) is 0 Å². The van der Waals surface area contributed by atoms with Crippen LogP contribution in [0.1, 0.15) is 103 Å². The standard InChI is InChI=1S/4C6H11NO.2Rh/c4*8-6-4-2-1-3-5-7-6;;/h4*1-5H2,(H,7,8);;/p-4. The van der Waals surface area contributed by atoms with E-state index in [2.05, 4.69) is 20.0 Å². The van der Waals surface area contributed by atoms with Gasteiger partial charge in [0.15, 0.2) is 0 Å². The first-order chi connectivity index (χ1) is 15.6. The Bertz CT molecular complexity index is 510. The van der Waals surface area contributed by atoms with Crippen LogP contribution in [0.25, 0.3) is 0 Å². The zero-order chi connectivity index (χ0) is 23.3. The van der Waals surface area contributed by atoms with Crippen LogP contribution in [0, 0.1) is 0 Å². The molecule has 202 valence electrons. The molecule has 0 aromatic carbocycles. The van der Waals surface area contributed by atoms with Crippen molar-refractivity contribution in [1.29, 1.82) is 0 Å². The SMILES string of the molecule is [O-]C1=NCCCCC1.[O-]C1=NCCCCC1.[O-]C1=NCCCCC1.[O-]C1=NCCCCC1.[Rh].[Rh]. The summed E-state index contributed by atoms with van der Waals surface area (Å²) in [4.78, 5) is 15.1. The predicted molar refractivity (Wildman–Crippen MR) is 123 cm³/mol. The number of hydrogen-bond donors (Lipinski definition) is 0. The van der Waals surface area contributed by atoms with Gasteiger partial charge in [-0.2, -0.15) is 0 Å². The van der Waals surface area contributed by atoms with Gasteiger partial charge in [0, 0.05) is 65.1 Å². The van der Waals surface area contributed by atoms with Crippen LogP contribution in [-0.4, -0.2) is 49.8 Å². The Balaban J connectivity index is 0. The summed E-state index contributed by atoms with van der Waals surface area (Å²) < 4.78 is 0. The quantitative estimate of drug-likeness (QED) is 0.363. The number of rotatable bonds is 0. The van der Waals surface area contributed by atoms with Crippen molar-refractivity contribution in [3.63, 3.8) is 0 Å². The van der Waals surface area contributed by atoms with Crippen LogP contribution in [0.5, 0.6) is 0 Å². The van der Waals surface area contributed by atoms with Gasteiger partial charge in [0.05, 0.1) is 0 Å². The van der Waals surface area contributed by atoms with Gasteiger partial charge in [-0.15, -0.1) is 0 Å². The van der Waals surface area contributed by atoms with Gasteiger partial charge in [0.1, 0.15) is 0 Å². The van der Waals surface area contributed by atoms with Crippen LogP contribution < -0.4 is 20.4 Å². The summed E-state index contributed by atoms with van der Waals surface area (Å²) in [7, 11) is 0. The summed E-state index contributed by atoms with van der Waals surface area (Å²) in [5.74, 6) is 0.398. The van der Waals surface area contributed by atoms with Gasteiger partial charge in [-0.05, 0) is 101 Å². The molecule has 0 saturated carbocycles. The molecule has 4 rings (SSSR count). The molecule has 0 bridgehead atoms. The maximum absolute atomic E-state index is 10.5.